The predicted octanol–water partition coefficient (Wildman–Crippen LogP) is 7.09. The van der Waals surface area contributed by atoms with Gasteiger partial charge in [-0.15, -0.1) is 0 Å². The van der Waals surface area contributed by atoms with Gasteiger partial charge in [-0.05, 0) is 124 Å². The molecule has 2 N–H and O–H groups in total. The Bertz CT molecular complexity index is 1880. The van der Waals surface area contributed by atoms with E-state index in [4.69, 9.17) is 4.52 Å². The highest BCUT2D eigenvalue weighted by atomic mass is 16.5. The molecule has 9 heteroatoms. The minimum Gasteiger partial charge on any atom is -0.374 e. The number of imide groups is 1. The summed E-state index contributed by atoms with van der Waals surface area (Å²) in [4.78, 5) is 28.8. The van der Waals surface area contributed by atoms with Crippen LogP contribution in [0.4, 0.5) is 17.1 Å². The van der Waals surface area contributed by atoms with Gasteiger partial charge in [0.15, 0.2) is 0 Å². The molecule has 2 saturated heterocycles. The van der Waals surface area contributed by atoms with E-state index < -0.39 is 6.04 Å². The zero-order valence-corrected chi connectivity index (χ0v) is 28.6. The molecule has 1 unspecified atom stereocenters. The smallest absolute Gasteiger partial charge is 0.249 e. The SMILES string of the molecule is Cc1ccc(-c2c(C)noc2C)cc1N(CC1CCN(Cc2cccc(NC3CCC(=O)NC3=O)c2)CC1)c1ccc(C2(C#N)CC2)cc1. The molecule has 1 aromatic heterocycles. The molecule has 1 saturated carbocycles. The van der Waals surface area contributed by atoms with Crippen LogP contribution in [-0.2, 0) is 21.5 Å². The molecule has 2 amide bonds. The van der Waals surface area contributed by atoms with E-state index in [9.17, 15) is 14.9 Å². The van der Waals surface area contributed by atoms with Gasteiger partial charge in [-0.25, -0.2) is 0 Å². The molecule has 3 aliphatic rings. The van der Waals surface area contributed by atoms with Crippen LogP contribution in [0.2, 0.25) is 0 Å². The number of anilines is 3. The van der Waals surface area contributed by atoms with Crippen molar-refractivity contribution in [1.29, 1.82) is 5.26 Å². The lowest BCUT2D eigenvalue weighted by molar-refractivity contribution is -0.133. The van der Waals surface area contributed by atoms with Gasteiger partial charge in [0.2, 0.25) is 11.8 Å². The summed E-state index contributed by atoms with van der Waals surface area (Å²) in [6, 6.07) is 25.7. The largest absolute Gasteiger partial charge is 0.374 e. The fourth-order valence-corrected chi connectivity index (χ4v) is 7.48. The summed E-state index contributed by atoms with van der Waals surface area (Å²) >= 11 is 0. The molecule has 0 spiro atoms. The first-order valence-corrected chi connectivity index (χ1v) is 17.5. The van der Waals surface area contributed by atoms with Crippen molar-refractivity contribution in [2.45, 2.75) is 77.3 Å². The van der Waals surface area contributed by atoms with Crippen molar-refractivity contribution in [3.05, 3.63) is 94.9 Å². The van der Waals surface area contributed by atoms with Crippen LogP contribution >= 0.6 is 0 Å². The van der Waals surface area contributed by atoms with Crippen molar-refractivity contribution in [3.8, 4) is 17.2 Å². The molecule has 49 heavy (non-hydrogen) atoms. The van der Waals surface area contributed by atoms with Crippen LogP contribution in [0.25, 0.3) is 11.1 Å². The van der Waals surface area contributed by atoms with E-state index in [1.54, 1.807) is 0 Å². The predicted molar refractivity (Wildman–Crippen MR) is 190 cm³/mol. The molecule has 9 nitrogen and oxygen atoms in total. The number of benzene rings is 3. The summed E-state index contributed by atoms with van der Waals surface area (Å²) in [5, 5.41) is 19.7. The topological polar surface area (TPSA) is 114 Å². The number of carbonyl (C=O) groups is 2. The number of piperidine rings is 2. The van der Waals surface area contributed by atoms with Gasteiger partial charge in [-0.1, -0.05) is 41.6 Å². The van der Waals surface area contributed by atoms with Gasteiger partial charge in [-0.3, -0.25) is 19.8 Å². The first-order chi connectivity index (χ1) is 23.7. The molecular weight excluding hydrogens is 612 g/mol. The molecule has 1 aliphatic carbocycles. The Morgan fingerprint density at radius 3 is 2.47 bits per heavy atom. The summed E-state index contributed by atoms with van der Waals surface area (Å²) in [7, 11) is 0. The normalized spacial score (nSPS) is 19.3. The van der Waals surface area contributed by atoms with E-state index >= 15 is 0 Å². The highest BCUT2D eigenvalue weighted by Gasteiger charge is 2.44. The van der Waals surface area contributed by atoms with Crippen LogP contribution < -0.4 is 15.5 Å². The van der Waals surface area contributed by atoms with Crippen molar-refractivity contribution >= 4 is 28.9 Å². The van der Waals surface area contributed by atoms with Crippen LogP contribution in [0.3, 0.4) is 0 Å². The number of nitrogens with zero attached hydrogens (tertiary/aromatic N) is 4. The van der Waals surface area contributed by atoms with Crippen molar-refractivity contribution in [2.75, 3.05) is 29.9 Å². The Hall–Kier alpha value is -4.94. The van der Waals surface area contributed by atoms with Crippen LogP contribution in [-0.4, -0.2) is 47.5 Å². The number of hydrogen-bond acceptors (Lipinski definition) is 8. The third-order valence-electron chi connectivity index (χ3n) is 10.6. The van der Waals surface area contributed by atoms with Gasteiger partial charge in [0.05, 0.1) is 17.2 Å². The quantitative estimate of drug-likeness (QED) is 0.174. The number of aromatic nitrogens is 1. The number of nitrogens with one attached hydrogen (secondary N) is 2. The summed E-state index contributed by atoms with van der Waals surface area (Å²) in [5.41, 5.74) is 9.47. The molecule has 3 fully saturated rings. The average Bonchev–Trinajstić information content (AvgIpc) is 3.84. The Balaban J connectivity index is 1.06. The van der Waals surface area contributed by atoms with Gasteiger partial charge >= 0.3 is 0 Å². The molecule has 4 aromatic rings. The van der Waals surface area contributed by atoms with Crippen molar-refractivity contribution < 1.29 is 14.1 Å². The van der Waals surface area contributed by atoms with E-state index in [1.807, 2.05) is 26.0 Å². The molecular formula is C40H44N6O3. The second-order valence-corrected chi connectivity index (χ2v) is 14.1. The van der Waals surface area contributed by atoms with Gasteiger partial charge in [0, 0.05) is 42.1 Å². The molecule has 3 heterocycles. The maximum absolute atomic E-state index is 12.3. The molecule has 0 bridgehead atoms. The van der Waals surface area contributed by atoms with E-state index in [1.165, 1.54) is 16.8 Å². The molecule has 0 radical (unpaired) electrons. The van der Waals surface area contributed by atoms with Crippen LogP contribution in [0.5, 0.6) is 0 Å². The number of likely N-dealkylation sites (tertiary alicyclic amines) is 1. The molecule has 2 aliphatic heterocycles. The zero-order valence-electron chi connectivity index (χ0n) is 28.6. The fourth-order valence-electron chi connectivity index (χ4n) is 7.48. The Labute approximate surface area is 288 Å². The first kappa shape index (κ1) is 32.6. The Morgan fingerprint density at radius 2 is 1.80 bits per heavy atom. The van der Waals surface area contributed by atoms with Gasteiger partial charge < -0.3 is 14.7 Å². The number of aryl methyl sites for hydroxylation is 3. The molecule has 3 aromatic carbocycles. The van der Waals surface area contributed by atoms with Crippen molar-refractivity contribution in [3.63, 3.8) is 0 Å². The molecule has 7 rings (SSSR count). The lowest BCUT2D eigenvalue weighted by Crippen LogP contribution is -2.47. The average molecular weight is 657 g/mol. The van der Waals surface area contributed by atoms with Gasteiger partial charge in [0.1, 0.15) is 11.8 Å². The number of hydrogen-bond donors (Lipinski definition) is 2. The third-order valence-corrected chi connectivity index (χ3v) is 10.6. The maximum atomic E-state index is 12.3. The summed E-state index contributed by atoms with van der Waals surface area (Å²) in [5.74, 6) is 0.865. The first-order valence-electron chi connectivity index (χ1n) is 17.5. The summed E-state index contributed by atoms with van der Waals surface area (Å²) in [6.45, 7) is 9.89. The summed E-state index contributed by atoms with van der Waals surface area (Å²) < 4.78 is 5.52. The van der Waals surface area contributed by atoms with E-state index in [0.717, 1.165) is 91.4 Å². The standard InChI is InChI=1S/C40H44N6O3/c1-26-7-8-31(38-27(2)44-49-28(38)3)22-36(26)46(34-11-9-32(10-12-34)40(25-41)17-18-40)24-29-15-19-45(20-16-29)23-30-5-4-6-33(21-30)42-35-13-14-37(47)43-39(35)48/h4-12,21-22,29,35,42H,13-20,23-24H2,1-3H3,(H,43,47,48). The van der Waals surface area contributed by atoms with Crippen molar-refractivity contribution in [1.82, 2.24) is 15.4 Å². The van der Waals surface area contributed by atoms with Crippen LogP contribution in [0.1, 0.15) is 66.7 Å². The molecule has 252 valence electrons. The lowest BCUT2D eigenvalue weighted by Gasteiger charge is -2.36. The Morgan fingerprint density at radius 1 is 1.02 bits per heavy atom. The van der Waals surface area contributed by atoms with E-state index in [2.05, 4.69) is 93.2 Å². The highest BCUT2D eigenvalue weighted by molar-refractivity contribution is 6.01. The number of rotatable bonds is 10. The number of carbonyl (C=O) groups excluding carboxylic acids is 2. The minimum absolute atomic E-state index is 0.205. The second kappa shape index (κ2) is 13.5. The zero-order chi connectivity index (χ0) is 34.1. The van der Waals surface area contributed by atoms with Gasteiger partial charge in [0.25, 0.3) is 0 Å². The number of amides is 2. The maximum Gasteiger partial charge on any atom is 0.249 e. The minimum atomic E-state index is -0.391. The molecule has 1 atom stereocenters. The van der Waals surface area contributed by atoms with Gasteiger partial charge in [-0.2, -0.15) is 5.26 Å². The summed E-state index contributed by atoms with van der Waals surface area (Å²) in [6.07, 6.45) is 4.91. The van der Waals surface area contributed by atoms with E-state index in [0.29, 0.717) is 18.8 Å². The second-order valence-electron chi connectivity index (χ2n) is 14.1. The highest BCUT2D eigenvalue weighted by Crippen LogP contribution is 2.48. The fraction of sp³-hybridized carbons (Fsp3) is 0.400. The number of nitriles is 1. The van der Waals surface area contributed by atoms with Crippen LogP contribution in [0, 0.1) is 38.0 Å². The Kier molecular flexibility index (Phi) is 9.00. The monoisotopic (exact) mass is 656 g/mol. The van der Waals surface area contributed by atoms with E-state index in [-0.39, 0.29) is 17.2 Å². The third kappa shape index (κ3) is 6.97. The lowest BCUT2D eigenvalue weighted by atomic mass is 9.93. The van der Waals surface area contributed by atoms with Crippen molar-refractivity contribution in [2.24, 2.45) is 5.92 Å². The van der Waals surface area contributed by atoms with Crippen LogP contribution in [0.15, 0.2) is 71.3 Å².